The minimum absolute atomic E-state index is 0.135. The second kappa shape index (κ2) is 10.9. The van der Waals surface area contributed by atoms with Crippen LogP contribution in [0, 0.1) is 10.1 Å². The van der Waals surface area contributed by atoms with Crippen molar-refractivity contribution >= 4 is 50.0 Å². The van der Waals surface area contributed by atoms with Crippen LogP contribution in [0.25, 0.3) is 10.9 Å². The first-order valence-electron chi connectivity index (χ1n) is 12.3. The zero-order valence-electron chi connectivity index (χ0n) is 20.4. The number of piperidine rings is 1. The van der Waals surface area contributed by atoms with Crippen LogP contribution in [0.2, 0.25) is 0 Å². The van der Waals surface area contributed by atoms with Crippen LogP contribution in [0.3, 0.4) is 0 Å². The molecule has 38 heavy (non-hydrogen) atoms. The van der Waals surface area contributed by atoms with E-state index in [1.54, 1.807) is 40.1 Å². The van der Waals surface area contributed by atoms with Gasteiger partial charge in [0, 0.05) is 59.7 Å². The first-order chi connectivity index (χ1) is 18.3. The number of nitro groups is 1. The number of H-pyrrole nitrogens is 1. The number of halogens is 1. The summed E-state index contributed by atoms with van der Waals surface area (Å²) in [5.41, 5.74) is 0.623. The number of rotatable bonds is 5. The molecule has 0 aliphatic carbocycles. The number of likely N-dealkylation sites (tertiary alicyclic amines) is 1. The van der Waals surface area contributed by atoms with Crippen LogP contribution in [0.15, 0.2) is 51.7 Å². The first-order valence-corrected chi connectivity index (χ1v) is 13.1. The van der Waals surface area contributed by atoms with Crippen molar-refractivity contribution in [1.82, 2.24) is 14.8 Å². The van der Waals surface area contributed by atoms with Gasteiger partial charge in [0.25, 0.3) is 17.5 Å². The molecule has 0 saturated carbocycles. The average molecular weight is 584 g/mol. The van der Waals surface area contributed by atoms with Crippen LogP contribution in [0.5, 0.6) is 0 Å². The highest BCUT2D eigenvalue weighted by atomic mass is 79.9. The molecule has 12 heteroatoms. The number of nitrogens with one attached hydrogen (secondary N) is 2. The lowest BCUT2D eigenvalue weighted by molar-refractivity contribution is -0.384. The molecule has 2 aliphatic rings. The number of aromatic nitrogens is 1. The van der Waals surface area contributed by atoms with Gasteiger partial charge in [0.1, 0.15) is 5.69 Å². The Labute approximate surface area is 226 Å². The van der Waals surface area contributed by atoms with Gasteiger partial charge in [0.2, 0.25) is 5.56 Å². The van der Waals surface area contributed by atoms with E-state index in [9.17, 15) is 24.5 Å². The van der Waals surface area contributed by atoms with E-state index in [0.717, 1.165) is 0 Å². The predicted molar refractivity (Wildman–Crippen MR) is 145 cm³/mol. The molecule has 0 unspecified atom stereocenters. The maximum Gasteiger partial charge on any atom is 0.294 e. The predicted octanol–water partition coefficient (Wildman–Crippen LogP) is 3.39. The van der Waals surface area contributed by atoms with Gasteiger partial charge in [-0.05, 0) is 25.0 Å². The molecule has 1 aromatic heterocycles. The summed E-state index contributed by atoms with van der Waals surface area (Å²) in [6, 6.07) is 11.0. The van der Waals surface area contributed by atoms with Crippen LogP contribution in [0.1, 0.15) is 33.6 Å². The lowest BCUT2D eigenvalue weighted by atomic mass is 10.0. The summed E-state index contributed by atoms with van der Waals surface area (Å²) < 4.78 is 5.77. The number of benzene rings is 2. The number of pyridine rings is 1. The molecule has 0 radical (unpaired) electrons. The van der Waals surface area contributed by atoms with E-state index in [1.165, 1.54) is 12.1 Å². The molecule has 5 rings (SSSR count). The Bertz CT molecular complexity index is 1470. The topological polar surface area (TPSA) is 138 Å². The third-order valence-electron chi connectivity index (χ3n) is 6.85. The molecule has 2 fully saturated rings. The molecule has 1 atom stereocenters. The van der Waals surface area contributed by atoms with Crippen molar-refractivity contribution < 1.29 is 19.2 Å². The van der Waals surface area contributed by atoms with Crippen LogP contribution >= 0.6 is 15.9 Å². The summed E-state index contributed by atoms with van der Waals surface area (Å²) in [6.07, 6.45) is 1.31. The number of hydrogen-bond acceptors (Lipinski definition) is 7. The zero-order chi connectivity index (χ0) is 26.8. The van der Waals surface area contributed by atoms with Crippen LogP contribution < -0.4 is 10.9 Å². The van der Waals surface area contributed by atoms with Gasteiger partial charge in [-0.3, -0.25) is 24.5 Å². The first kappa shape index (κ1) is 25.9. The Morgan fingerprint density at radius 1 is 1.05 bits per heavy atom. The largest absolute Gasteiger partial charge is 0.378 e. The fraction of sp³-hybridized carbons (Fsp3) is 0.346. The third kappa shape index (κ3) is 5.27. The maximum atomic E-state index is 13.5. The van der Waals surface area contributed by atoms with Crippen LogP contribution in [-0.4, -0.2) is 77.0 Å². The molecule has 0 spiro atoms. The Morgan fingerprint density at radius 3 is 2.55 bits per heavy atom. The number of para-hydroxylation sites is 1. The van der Waals surface area contributed by atoms with Crippen molar-refractivity contribution in [3.63, 3.8) is 0 Å². The standard InChI is InChI=1S/C26H26BrN5O6/c27-16-12-20(26(35)30-8-10-38-11-9-30)24(22(13-16)32(36)37)28-17-4-3-7-31(15-17)25(34)19-14-23(33)29-21-6-2-1-5-18(19)21/h1-2,5-6,12-14,17,28H,3-4,7-11,15H2,(H,29,33)/t17-/m1/s1. The Kier molecular flexibility index (Phi) is 7.43. The molecule has 2 amide bonds. The van der Waals surface area contributed by atoms with Gasteiger partial charge in [-0.15, -0.1) is 0 Å². The number of anilines is 1. The molecular formula is C26H26BrN5O6. The van der Waals surface area contributed by atoms with Crippen molar-refractivity contribution in [2.75, 3.05) is 44.7 Å². The van der Waals surface area contributed by atoms with Gasteiger partial charge in [0.05, 0.1) is 29.3 Å². The molecule has 2 saturated heterocycles. The maximum absolute atomic E-state index is 13.5. The monoisotopic (exact) mass is 583 g/mol. The van der Waals surface area contributed by atoms with Crippen molar-refractivity contribution in [3.05, 3.63) is 78.5 Å². The molecule has 3 aromatic rings. The van der Waals surface area contributed by atoms with E-state index in [-0.39, 0.29) is 46.9 Å². The minimum Gasteiger partial charge on any atom is -0.378 e. The summed E-state index contributed by atoms with van der Waals surface area (Å²) >= 11 is 3.30. The van der Waals surface area contributed by atoms with E-state index in [0.29, 0.717) is 66.6 Å². The van der Waals surface area contributed by atoms with E-state index in [4.69, 9.17) is 4.74 Å². The summed E-state index contributed by atoms with van der Waals surface area (Å²) in [7, 11) is 0. The molecule has 198 valence electrons. The summed E-state index contributed by atoms with van der Waals surface area (Å²) in [6.45, 7) is 2.35. The molecule has 0 bridgehead atoms. The Morgan fingerprint density at radius 2 is 1.79 bits per heavy atom. The highest BCUT2D eigenvalue weighted by Gasteiger charge is 2.31. The van der Waals surface area contributed by atoms with Gasteiger partial charge < -0.3 is 24.8 Å². The molecule has 11 nitrogen and oxygen atoms in total. The highest BCUT2D eigenvalue weighted by Crippen LogP contribution is 2.35. The Hall–Kier alpha value is -3.77. The number of ether oxygens (including phenoxy) is 1. The third-order valence-corrected chi connectivity index (χ3v) is 7.30. The van der Waals surface area contributed by atoms with Crippen LogP contribution in [0.4, 0.5) is 11.4 Å². The summed E-state index contributed by atoms with van der Waals surface area (Å²) in [5, 5.41) is 15.9. The number of hydrogen-bond donors (Lipinski definition) is 2. The van der Waals surface area contributed by atoms with E-state index >= 15 is 0 Å². The summed E-state index contributed by atoms with van der Waals surface area (Å²) in [4.78, 5) is 56.6. The lowest BCUT2D eigenvalue weighted by Gasteiger charge is -2.34. The van der Waals surface area contributed by atoms with Crippen molar-refractivity contribution in [2.45, 2.75) is 18.9 Å². The lowest BCUT2D eigenvalue weighted by Crippen LogP contribution is -2.46. The second-order valence-corrected chi connectivity index (χ2v) is 10.3. The number of nitro benzene ring substituents is 1. The smallest absolute Gasteiger partial charge is 0.294 e. The van der Waals surface area contributed by atoms with Gasteiger partial charge in [0.15, 0.2) is 0 Å². The molecule has 2 aliphatic heterocycles. The van der Waals surface area contributed by atoms with E-state index in [2.05, 4.69) is 26.2 Å². The normalized spacial score (nSPS) is 17.9. The van der Waals surface area contributed by atoms with Crippen molar-refractivity contribution in [1.29, 1.82) is 0 Å². The average Bonchev–Trinajstić information content (AvgIpc) is 2.93. The van der Waals surface area contributed by atoms with E-state index < -0.39 is 4.92 Å². The second-order valence-electron chi connectivity index (χ2n) is 9.34. The van der Waals surface area contributed by atoms with Gasteiger partial charge >= 0.3 is 0 Å². The summed E-state index contributed by atoms with van der Waals surface area (Å²) in [5.74, 6) is -0.604. The van der Waals surface area contributed by atoms with Crippen LogP contribution in [-0.2, 0) is 4.74 Å². The van der Waals surface area contributed by atoms with Crippen molar-refractivity contribution in [2.24, 2.45) is 0 Å². The fourth-order valence-corrected chi connectivity index (χ4v) is 5.47. The van der Waals surface area contributed by atoms with Gasteiger partial charge in [-0.25, -0.2) is 0 Å². The SMILES string of the molecule is O=C(c1cc(Br)cc([N+](=O)[O-])c1N[C@@H]1CCCN(C(=O)c2cc(=O)[nH]c3ccccc23)C1)N1CCOCC1. The number of morpholine rings is 1. The zero-order valence-corrected chi connectivity index (χ0v) is 22.0. The quantitative estimate of drug-likeness (QED) is 0.347. The molecule has 2 N–H and O–H groups in total. The number of aromatic amines is 1. The van der Waals surface area contributed by atoms with E-state index in [1.807, 2.05) is 0 Å². The number of fused-ring (bicyclic) bond motifs is 1. The van der Waals surface area contributed by atoms with Gasteiger partial charge in [-0.2, -0.15) is 0 Å². The molecular weight excluding hydrogens is 558 g/mol. The number of carbonyl (C=O) groups is 2. The fourth-order valence-electron chi connectivity index (χ4n) is 5.03. The van der Waals surface area contributed by atoms with Gasteiger partial charge in [-0.1, -0.05) is 34.1 Å². The number of carbonyl (C=O) groups excluding carboxylic acids is 2. The van der Waals surface area contributed by atoms with Crippen molar-refractivity contribution in [3.8, 4) is 0 Å². The molecule has 2 aromatic carbocycles. The highest BCUT2D eigenvalue weighted by molar-refractivity contribution is 9.10. The number of amides is 2. The minimum atomic E-state index is -0.517. The number of nitrogens with zero attached hydrogens (tertiary/aromatic N) is 3. The Balaban J connectivity index is 1.44. The molecule has 3 heterocycles.